The molecule has 0 unspecified atom stereocenters. The number of anilines is 1. The van der Waals surface area contributed by atoms with Crippen LogP contribution in [0.25, 0.3) is 0 Å². The lowest BCUT2D eigenvalue weighted by Gasteiger charge is -2.34. The van der Waals surface area contributed by atoms with E-state index < -0.39 is 11.8 Å². The van der Waals surface area contributed by atoms with Crippen molar-refractivity contribution in [3.63, 3.8) is 0 Å². The summed E-state index contributed by atoms with van der Waals surface area (Å²) in [7, 11) is 1.80. The topological polar surface area (TPSA) is 45.3 Å². The highest BCUT2D eigenvalue weighted by atomic mass is 16.6. The summed E-state index contributed by atoms with van der Waals surface area (Å²) in [5, 5.41) is 0. The quantitative estimate of drug-likeness (QED) is 0.789. The average molecular weight is 352 g/mol. The SMILES string of the molecule is C[C@@H]1O[C@@]1(C)[C@@H]1OC[C@H](c2ccccc2)N1C(=O)N(C)c1ccccc1. The number of carbonyl (C=O) groups excluding carboxylic acids is 1. The van der Waals surface area contributed by atoms with E-state index in [1.165, 1.54) is 0 Å². The third-order valence-electron chi connectivity index (χ3n) is 5.51. The van der Waals surface area contributed by atoms with Crippen molar-refractivity contribution in [2.24, 2.45) is 0 Å². The number of ether oxygens (including phenoxy) is 2. The summed E-state index contributed by atoms with van der Waals surface area (Å²) in [5.41, 5.74) is 1.46. The smallest absolute Gasteiger partial charge is 0.326 e. The first-order valence-electron chi connectivity index (χ1n) is 8.98. The predicted molar refractivity (Wildman–Crippen MR) is 100.0 cm³/mol. The Morgan fingerprint density at radius 1 is 1.12 bits per heavy atom. The van der Waals surface area contributed by atoms with Crippen molar-refractivity contribution >= 4 is 11.7 Å². The van der Waals surface area contributed by atoms with E-state index in [1.807, 2.05) is 79.4 Å². The molecule has 0 aliphatic carbocycles. The van der Waals surface area contributed by atoms with E-state index in [1.54, 1.807) is 11.9 Å². The standard InChI is InChI=1S/C21H24N2O3/c1-15-21(2,26-15)19-23(18(14-25-19)16-10-6-4-7-11-16)20(24)22(3)17-12-8-5-9-13-17/h4-13,15,18-19H,14H2,1-3H3/t15-,18+,19-,21+/m0/s1. The monoisotopic (exact) mass is 352 g/mol. The number of benzene rings is 2. The first-order chi connectivity index (χ1) is 12.5. The molecule has 2 aromatic carbocycles. The maximum atomic E-state index is 13.4. The molecule has 0 saturated carbocycles. The number of urea groups is 1. The zero-order valence-corrected chi connectivity index (χ0v) is 15.3. The fraction of sp³-hybridized carbons (Fsp3) is 0.381. The Hall–Kier alpha value is -2.37. The molecule has 2 saturated heterocycles. The molecular weight excluding hydrogens is 328 g/mol. The van der Waals surface area contributed by atoms with E-state index in [0.29, 0.717) is 6.61 Å². The van der Waals surface area contributed by atoms with Gasteiger partial charge in [0.15, 0.2) is 6.23 Å². The molecule has 0 bridgehead atoms. The third kappa shape index (κ3) is 2.77. The number of epoxide rings is 1. The fourth-order valence-electron chi connectivity index (χ4n) is 3.65. The van der Waals surface area contributed by atoms with Gasteiger partial charge in [0.25, 0.3) is 0 Å². The lowest BCUT2D eigenvalue weighted by Crippen LogP contribution is -2.50. The van der Waals surface area contributed by atoms with Crippen LogP contribution in [0.2, 0.25) is 0 Å². The zero-order chi connectivity index (χ0) is 18.3. The Morgan fingerprint density at radius 3 is 2.27 bits per heavy atom. The summed E-state index contributed by atoms with van der Waals surface area (Å²) in [6, 6.07) is 19.5. The van der Waals surface area contributed by atoms with Crippen LogP contribution < -0.4 is 4.90 Å². The summed E-state index contributed by atoms with van der Waals surface area (Å²) in [4.78, 5) is 17.0. The van der Waals surface area contributed by atoms with E-state index in [9.17, 15) is 4.79 Å². The van der Waals surface area contributed by atoms with E-state index in [2.05, 4.69) is 0 Å². The van der Waals surface area contributed by atoms with Gasteiger partial charge in [-0.05, 0) is 31.5 Å². The molecule has 0 spiro atoms. The van der Waals surface area contributed by atoms with Crippen molar-refractivity contribution in [3.8, 4) is 0 Å². The molecule has 26 heavy (non-hydrogen) atoms. The van der Waals surface area contributed by atoms with Gasteiger partial charge in [0.2, 0.25) is 0 Å². The maximum Gasteiger partial charge on any atom is 0.326 e. The Balaban J connectivity index is 1.68. The van der Waals surface area contributed by atoms with E-state index in [-0.39, 0.29) is 18.2 Å². The molecule has 2 aliphatic rings. The van der Waals surface area contributed by atoms with Gasteiger partial charge in [0.1, 0.15) is 5.60 Å². The minimum Gasteiger partial charge on any atom is -0.362 e. The van der Waals surface area contributed by atoms with Crippen LogP contribution >= 0.6 is 0 Å². The molecule has 0 aromatic heterocycles. The molecule has 0 radical (unpaired) electrons. The van der Waals surface area contributed by atoms with E-state index >= 15 is 0 Å². The van der Waals surface area contributed by atoms with Crippen molar-refractivity contribution in [2.75, 3.05) is 18.6 Å². The number of hydrogen-bond acceptors (Lipinski definition) is 3. The Bertz CT molecular complexity index is 782. The second kappa shape index (κ2) is 6.41. The number of para-hydroxylation sites is 1. The highest BCUT2D eigenvalue weighted by Crippen LogP contribution is 2.47. The predicted octanol–water partition coefficient (Wildman–Crippen LogP) is 3.82. The van der Waals surface area contributed by atoms with Crippen LogP contribution in [0.3, 0.4) is 0 Å². The molecule has 4 rings (SSSR count). The molecule has 5 heteroatoms. The van der Waals surface area contributed by atoms with E-state index in [0.717, 1.165) is 11.3 Å². The van der Waals surface area contributed by atoms with Gasteiger partial charge in [-0.25, -0.2) is 4.79 Å². The Kier molecular flexibility index (Phi) is 4.21. The average Bonchev–Trinajstić information content (AvgIpc) is 3.10. The molecule has 136 valence electrons. The Labute approximate surface area is 154 Å². The van der Waals surface area contributed by atoms with Crippen LogP contribution in [0.15, 0.2) is 60.7 Å². The molecule has 2 amide bonds. The minimum absolute atomic E-state index is 0.0688. The molecule has 0 N–H and O–H groups in total. The molecule has 2 heterocycles. The van der Waals surface area contributed by atoms with Crippen molar-refractivity contribution in [1.29, 1.82) is 0 Å². The normalized spacial score (nSPS) is 30.3. The van der Waals surface area contributed by atoms with Crippen LogP contribution in [0.5, 0.6) is 0 Å². The molecule has 2 aliphatic heterocycles. The van der Waals surface area contributed by atoms with Crippen molar-refractivity contribution < 1.29 is 14.3 Å². The second-order valence-electron chi connectivity index (χ2n) is 7.14. The van der Waals surface area contributed by atoms with Gasteiger partial charge in [0, 0.05) is 12.7 Å². The van der Waals surface area contributed by atoms with E-state index in [4.69, 9.17) is 9.47 Å². The van der Waals surface area contributed by atoms with Gasteiger partial charge in [-0.3, -0.25) is 9.80 Å². The van der Waals surface area contributed by atoms with Crippen LogP contribution in [-0.4, -0.2) is 42.5 Å². The number of nitrogens with zero attached hydrogens (tertiary/aromatic N) is 2. The fourth-order valence-corrected chi connectivity index (χ4v) is 3.65. The molecule has 2 fully saturated rings. The van der Waals surface area contributed by atoms with Gasteiger partial charge in [-0.1, -0.05) is 48.5 Å². The number of amides is 2. The summed E-state index contributed by atoms with van der Waals surface area (Å²) in [6.07, 6.45) is -0.333. The lowest BCUT2D eigenvalue weighted by atomic mass is 10.0. The maximum absolute atomic E-state index is 13.4. The van der Waals surface area contributed by atoms with Crippen LogP contribution in [0, 0.1) is 0 Å². The molecule has 5 nitrogen and oxygen atoms in total. The highest BCUT2D eigenvalue weighted by Gasteiger charge is 2.62. The molecular formula is C21H24N2O3. The number of carbonyl (C=O) groups is 1. The minimum atomic E-state index is -0.462. The lowest BCUT2D eigenvalue weighted by molar-refractivity contribution is -0.00761. The molecule has 4 atom stereocenters. The van der Waals surface area contributed by atoms with Gasteiger partial charge >= 0.3 is 6.03 Å². The van der Waals surface area contributed by atoms with Crippen LogP contribution in [-0.2, 0) is 9.47 Å². The largest absolute Gasteiger partial charge is 0.362 e. The highest BCUT2D eigenvalue weighted by molar-refractivity contribution is 5.92. The Morgan fingerprint density at radius 2 is 1.69 bits per heavy atom. The van der Waals surface area contributed by atoms with Crippen LogP contribution in [0.1, 0.15) is 25.5 Å². The molecule has 2 aromatic rings. The number of rotatable bonds is 3. The van der Waals surface area contributed by atoms with Gasteiger partial charge < -0.3 is 9.47 Å². The van der Waals surface area contributed by atoms with Gasteiger partial charge in [-0.15, -0.1) is 0 Å². The first kappa shape index (κ1) is 17.1. The summed E-state index contributed by atoms with van der Waals surface area (Å²) >= 11 is 0. The third-order valence-corrected chi connectivity index (χ3v) is 5.51. The number of hydrogen-bond donors (Lipinski definition) is 0. The summed E-state index contributed by atoms with van der Waals surface area (Å²) in [6.45, 7) is 4.50. The summed E-state index contributed by atoms with van der Waals surface area (Å²) in [5.74, 6) is 0. The van der Waals surface area contributed by atoms with Gasteiger partial charge in [0.05, 0.1) is 18.8 Å². The van der Waals surface area contributed by atoms with Crippen molar-refractivity contribution in [1.82, 2.24) is 4.90 Å². The second-order valence-corrected chi connectivity index (χ2v) is 7.14. The first-order valence-corrected chi connectivity index (χ1v) is 8.98. The van der Waals surface area contributed by atoms with Crippen LogP contribution in [0.4, 0.5) is 10.5 Å². The zero-order valence-electron chi connectivity index (χ0n) is 15.3. The van der Waals surface area contributed by atoms with Crippen molar-refractivity contribution in [3.05, 3.63) is 66.2 Å². The summed E-state index contributed by atoms with van der Waals surface area (Å²) < 4.78 is 11.9. The van der Waals surface area contributed by atoms with Gasteiger partial charge in [-0.2, -0.15) is 0 Å². The van der Waals surface area contributed by atoms with Crippen molar-refractivity contribution in [2.45, 2.75) is 37.8 Å².